The smallest absolute Gasteiger partial charge is 0.305 e. The number of benzene rings is 1. The normalized spacial score (nSPS) is 11.3. The molecule has 0 radical (unpaired) electrons. The number of aromatic amines is 1. The average molecular weight is 312 g/mol. The second-order valence-corrected chi connectivity index (χ2v) is 4.36. The largest absolute Gasteiger partial charge is 0.348 e. The van der Waals surface area contributed by atoms with Crippen molar-refractivity contribution >= 4 is 39.1 Å². The van der Waals surface area contributed by atoms with E-state index in [2.05, 4.69) is 37.7 Å². The third-order valence-corrected chi connectivity index (χ3v) is 2.88. The minimum Gasteiger partial charge on any atom is -0.305 e. The summed E-state index contributed by atoms with van der Waals surface area (Å²) in [6.07, 6.45) is 1.38. The first-order chi connectivity index (χ1) is 7.25. The van der Waals surface area contributed by atoms with Crippen LogP contribution in [0.5, 0.6) is 0 Å². The maximum atomic E-state index is 11.6. The van der Waals surface area contributed by atoms with Crippen LogP contribution in [0, 0.1) is 3.57 Å². The van der Waals surface area contributed by atoms with Gasteiger partial charge in [0.15, 0.2) is 5.65 Å². The first-order valence-electron chi connectivity index (χ1n) is 4.27. The monoisotopic (exact) mass is 312 g/mol. The van der Waals surface area contributed by atoms with Crippen LogP contribution in [-0.4, -0.2) is 19.6 Å². The highest BCUT2D eigenvalue weighted by Gasteiger charge is 2.05. The summed E-state index contributed by atoms with van der Waals surface area (Å²) in [7, 11) is 0. The summed E-state index contributed by atoms with van der Waals surface area (Å²) in [6.45, 7) is 0. The van der Waals surface area contributed by atoms with Crippen LogP contribution in [-0.2, 0) is 0 Å². The summed E-state index contributed by atoms with van der Waals surface area (Å²) in [4.78, 5) is 18.4. The molecule has 0 amide bonds. The summed E-state index contributed by atoms with van der Waals surface area (Å²) < 4.78 is 2.33. The molecule has 1 aromatic carbocycles. The molecule has 1 N–H and O–H groups in total. The van der Waals surface area contributed by atoms with Crippen LogP contribution >= 0.6 is 22.6 Å². The van der Waals surface area contributed by atoms with Gasteiger partial charge < -0.3 is 4.98 Å². The van der Waals surface area contributed by atoms with E-state index in [0.29, 0.717) is 5.65 Å². The fourth-order valence-corrected chi connectivity index (χ4v) is 2.05. The number of hydrogen-bond donors (Lipinski definition) is 1. The second kappa shape index (κ2) is 3.02. The quantitative estimate of drug-likeness (QED) is 0.634. The molecule has 0 atom stereocenters. The van der Waals surface area contributed by atoms with Crippen LogP contribution in [0.1, 0.15) is 0 Å². The molecule has 0 aliphatic rings. The molecule has 5 nitrogen and oxygen atoms in total. The Morgan fingerprint density at radius 2 is 2.27 bits per heavy atom. The molecule has 0 aliphatic heterocycles. The average Bonchev–Trinajstić information content (AvgIpc) is 2.66. The number of halogens is 1. The standard InChI is InChI=1S/C9H5IN4O/c10-5-1-2-6-7(3-5)13-9(15)14-8(6)11-4-12-14/h1-4H,(H,13,15). The van der Waals surface area contributed by atoms with Crippen molar-refractivity contribution in [3.8, 4) is 0 Å². The predicted molar refractivity (Wildman–Crippen MR) is 63.8 cm³/mol. The molecular weight excluding hydrogens is 307 g/mol. The molecule has 0 bridgehead atoms. The van der Waals surface area contributed by atoms with E-state index >= 15 is 0 Å². The Balaban J connectivity index is 2.66. The molecule has 0 saturated heterocycles. The van der Waals surface area contributed by atoms with Gasteiger partial charge in [0.05, 0.1) is 5.52 Å². The Morgan fingerprint density at radius 1 is 1.40 bits per heavy atom. The maximum Gasteiger partial charge on any atom is 0.348 e. The van der Waals surface area contributed by atoms with E-state index < -0.39 is 0 Å². The molecule has 3 aromatic rings. The van der Waals surface area contributed by atoms with Crippen molar-refractivity contribution in [3.05, 3.63) is 38.6 Å². The topological polar surface area (TPSA) is 63.0 Å². The number of nitrogens with zero attached hydrogens (tertiary/aromatic N) is 3. The van der Waals surface area contributed by atoms with Gasteiger partial charge >= 0.3 is 5.69 Å². The van der Waals surface area contributed by atoms with Crippen LogP contribution in [0.25, 0.3) is 16.6 Å². The molecule has 6 heteroatoms. The fraction of sp³-hybridized carbons (Fsp3) is 0. The van der Waals surface area contributed by atoms with Gasteiger partial charge in [-0.3, -0.25) is 0 Å². The van der Waals surface area contributed by atoms with Crippen LogP contribution < -0.4 is 5.69 Å². The van der Waals surface area contributed by atoms with E-state index in [0.717, 1.165) is 14.5 Å². The fourth-order valence-electron chi connectivity index (χ4n) is 1.56. The molecule has 0 saturated carbocycles. The summed E-state index contributed by atoms with van der Waals surface area (Å²) in [5, 5.41) is 4.75. The number of nitrogens with one attached hydrogen (secondary N) is 1. The zero-order valence-corrected chi connectivity index (χ0v) is 9.59. The number of H-pyrrole nitrogens is 1. The number of aromatic nitrogens is 4. The molecular formula is C9H5IN4O. The summed E-state index contributed by atoms with van der Waals surface area (Å²) in [5.74, 6) is 0. The van der Waals surface area contributed by atoms with Crippen LogP contribution in [0.3, 0.4) is 0 Å². The van der Waals surface area contributed by atoms with Crippen molar-refractivity contribution in [2.45, 2.75) is 0 Å². The van der Waals surface area contributed by atoms with E-state index in [1.807, 2.05) is 18.2 Å². The van der Waals surface area contributed by atoms with Crippen molar-refractivity contribution in [1.29, 1.82) is 0 Å². The third kappa shape index (κ3) is 1.24. The Kier molecular flexibility index (Phi) is 1.78. The van der Waals surface area contributed by atoms with Gasteiger partial charge in [-0.05, 0) is 40.8 Å². The van der Waals surface area contributed by atoms with E-state index in [-0.39, 0.29) is 5.69 Å². The summed E-state index contributed by atoms with van der Waals surface area (Å²) >= 11 is 2.20. The van der Waals surface area contributed by atoms with Crippen LogP contribution in [0.2, 0.25) is 0 Å². The summed E-state index contributed by atoms with van der Waals surface area (Å²) in [5.41, 5.74) is 1.11. The van der Waals surface area contributed by atoms with Crippen molar-refractivity contribution in [2.24, 2.45) is 0 Å². The lowest BCUT2D eigenvalue weighted by Crippen LogP contribution is -2.17. The lowest BCUT2D eigenvalue weighted by atomic mass is 10.2. The van der Waals surface area contributed by atoms with Gasteiger partial charge in [-0.25, -0.2) is 9.78 Å². The molecule has 2 heterocycles. The molecule has 0 fully saturated rings. The van der Waals surface area contributed by atoms with Gasteiger partial charge in [0.1, 0.15) is 6.33 Å². The molecule has 15 heavy (non-hydrogen) atoms. The van der Waals surface area contributed by atoms with Gasteiger partial charge in [0.25, 0.3) is 0 Å². The minimum absolute atomic E-state index is 0.267. The first-order valence-corrected chi connectivity index (χ1v) is 5.35. The third-order valence-electron chi connectivity index (χ3n) is 2.20. The van der Waals surface area contributed by atoms with Gasteiger partial charge in [-0.1, -0.05) is 0 Å². The molecule has 0 spiro atoms. The van der Waals surface area contributed by atoms with Crippen LogP contribution in [0.15, 0.2) is 29.3 Å². The summed E-state index contributed by atoms with van der Waals surface area (Å²) in [6, 6.07) is 5.80. The number of hydrogen-bond acceptors (Lipinski definition) is 3. The highest BCUT2D eigenvalue weighted by Crippen LogP contribution is 2.16. The first kappa shape index (κ1) is 8.84. The lowest BCUT2D eigenvalue weighted by molar-refractivity contribution is 0.881. The van der Waals surface area contributed by atoms with E-state index in [4.69, 9.17) is 0 Å². The lowest BCUT2D eigenvalue weighted by Gasteiger charge is -1.99. The molecule has 0 aliphatic carbocycles. The number of rotatable bonds is 0. The van der Waals surface area contributed by atoms with Gasteiger partial charge in [-0.15, -0.1) is 0 Å². The number of fused-ring (bicyclic) bond motifs is 3. The van der Waals surface area contributed by atoms with Crippen molar-refractivity contribution in [3.63, 3.8) is 0 Å². The minimum atomic E-state index is -0.267. The predicted octanol–water partition coefficient (Wildman–Crippen LogP) is 1.18. The Labute approximate surface area is 97.3 Å². The van der Waals surface area contributed by atoms with E-state index in [9.17, 15) is 4.79 Å². The van der Waals surface area contributed by atoms with E-state index in [1.54, 1.807) is 0 Å². The van der Waals surface area contributed by atoms with Crippen molar-refractivity contribution in [1.82, 2.24) is 19.6 Å². The highest BCUT2D eigenvalue weighted by atomic mass is 127. The van der Waals surface area contributed by atoms with E-state index in [1.165, 1.54) is 10.8 Å². The van der Waals surface area contributed by atoms with Gasteiger partial charge in [0, 0.05) is 8.96 Å². The molecule has 2 aromatic heterocycles. The Bertz CT molecular complexity index is 715. The van der Waals surface area contributed by atoms with Gasteiger partial charge in [0.2, 0.25) is 0 Å². The molecule has 3 rings (SSSR count). The van der Waals surface area contributed by atoms with Crippen molar-refractivity contribution < 1.29 is 0 Å². The van der Waals surface area contributed by atoms with Crippen molar-refractivity contribution in [2.75, 3.05) is 0 Å². The molecule has 74 valence electrons. The molecule has 0 unspecified atom stereocenters. The highest BCUT2D eigenvalue weighted by molar-refractivity contribution is 14.1. The maximum absolute atomic E-state index is 11.6. The SMILES string of the molecule is O=c1[nH]c2cc(I)ccc2c2ncnn12. The Morgan fingerprint density at radius 3 is 3.13 bits per heavy atom. The van der Waals surface area contributed by atoms with Gasteiger partial charge in [-0.2, -0.15) is 9.61 Å². The van der Waals surface area contributed by atoms with Crippen LogP contribution in [0.4, 0.5) is 0 Å². The second-order valence-electron chi connectivity index (χ2n) is 3.12. The Hall–Kier alpha value is -1.44. The zero-order chi connectivity index (χ0) is 10.4. The zero-order valence-electron chi connectivity index (χ0n) is 7.44.